The van der Waals surface area contributed by atoms with Crippen LogP contribution < -0.4 is 0 Å². The summed E-state index contributed by atoms with van der Waals surface area (Å²) in [5.41, 5.74) is 1.90. The second-order valence-corrected chi connectivity index (χ2v) is 6.41. The molecule has 3 rings (SSSR count). The van der Waals surface area contributed by atoms with Crippen molar-refractivity contribution < 1.29 is 9.53 Å². The van der Waals surface area contributed by atoms with Crippen molar-refractivity contribution in [3.63, 3.8) is 0 Å². The summed E-state index contributed by atoms with van der Waals surface area (Å²) in [4.78, 5) is 14.6. The van der Waals surface area contributed by atoms with Gasteiger partial charge in [-0.25, -0.2) is 0 Å². The Morgan fingerprint density at radius 2 is 1.83 bits per heavy atom. The Morgan fingerprint density at radius 1 is 1.13 bits per heavy atom. The number of halogens is 1. The quantitative estimate of drug-likeness (QED) is 0.857. The standard InChI is InChI=1S/C19H20ClNO2/c1-14-12-21(19(22)16-7-9-17(20)10-8-16)13-18(23-14)11-15-5-3-2-4-6-15/h2-10,14,18H,11-13H2,1H3. The van der Waals surface area contributed by atoms with Gasteiger partial charge in [-0.1, -0.05) is 41.9 Å². The average Bonchev–Trinajstić information content (AvgIpc) is 2.55. The minimum Gasteiger partial charge on any atom is -0.371 e. The SMILES string of the molecule is CC1CN(C(=O)c2ccc(Cl)cc2)CC(Cc2ccccc2)O1. The average molecular weight is 330 g/mol. The Morgan fingerprint density at radius 3 is 2.52 bits per heavy atom. The highest BCUT2D eigenvalue weighted by molar-refractivity contribution is 6.30. The van der Waals surface area contributed by atoms with Crippen LogP contribution >= 0.6 is 11.6 Å². The summed E-state index contributed by atoms with van der Waals surface area (Å²) in [6.07, 6.45) is 0.876. The normalized spacial score (nSPS) is 21.2. The lowest BCUT2D eigenvalue weighted by Gasteiger charge is -2.37. The lowest BCUT2D eigenvalue weighted by molar-refractivity contribution is -0.0664. The summed E-state index contributed by atoms with van der Waals surface area (Å²) in [6.45, 7) is 3.24. The number of ether oxygens (including phenoxy) is 1. The molecule has 1 aliphatic heterocycles. The van der Waals surface area contributed by atoms with E-state index in [1.807, 2.05) is 30.0 Å². The maximum absolute atomic E-state index is 12.7. The maximum Gasteiger partial charge on any atom is 0.254 e. The third-order valence-corrected chi connectivity index (χ3v) is 4.26. The molecule has 1 aliphatic rings. The van der Waals surface area contributed by atoms with Crippen LogP contribution in [0, 0.1) is 0 Å². The van der Waals surface area contributed by atoms with Gasteiger partial charge in [0.25, 0.3) is 5.91 Å². The fraction of sp³-hybridized carbons (Fsp3) is 0.316. The molecule has 0 N–H and O–H groups in total. The molecule has 4 heteroatoms. The number of hydrogen-bond acceptors (Lipinski definition) is 2. The number of amides is 1. The highest BCUT2D eigenvalue weighted by Crippen LogP contribution is 2.19. The van der Waals surface area contributed by atoms with Crippen LogP contribution in [0.2, 0.25) is 5.02 Å². The molecule has 120 valence electrons. The lowest BCUT2D eigenvalue weighted by Crippen LogP contribution is -2.49. The largest absolute Gasteiger partial charge is 0.371 e. The number of carbonyl (C=O) groups is 1. The Hall–Kier alpha value is -1.84. The third kappa shape index (κ3) is 4.12. The maximum atomic E-state index is 12.7. The summed E-state index contributed by atoms with van der Waals surface area (Å²) in [5.74, 6) is 0.0369. The van der Waals surface area contributed by atoms with Crippen LogP contribution in [0.25, 0.3) is 0 Å². The predicted molar refractivity (Wildman–Crippen MR) is 91.8 cm³/mol. The van der Waals surface area contributed by atoms with Crippen LogP contribution in [0.5, 0.6) is 0 Å². The zero-order chi connectivity index (χ0) is 16.2. The van der Waals surface area contributed by atoms with Crippen LogP contribution in [-0.2, 0) is 11.2 Å². The molecule has 1 amide bonds. The number of rotatable bonds is 3. The zero-order valence-corrected chi connectivity index (χ0v) is 13.9. The van der Waals surface area contributed by atoms with E-state index in [2.05, 4.69) is 12.1 Å². The van der Waals surface area contributed by atoms with Crippen molar-refractivity contribution >= 4 is 17.5 Å². The zero-order valence-electron chi connectivity index (χ0n) is 13.1. The predicted octanol–water partition coefficient (Wildman–Crippen LogP) is 3.81. The van der Waals surface area contributed by atoms with Gasteiger partial charge in [0.05, 0.1) is 12.2 Å². The van der Waals surface area contributed by atoms with Crippen molar-refractivity contribution in [3.8, 4) is 0 Å². The van der Waals surface area contributed by atoms with Crippen LogP contribution in [0.15, 0.2) is 54.6 Å². The molecular formula is C19H20ClNO2. The Kier molecular flexibility index (Phi) is 4.99. The second kappa shape index (κ2) is 7.16. The summed E-state index contributed by atoms with van der Waals surface area (Å²) in [7, 11) is 0. The van der Waals surface area contributed by atoms with Crippen molar-refractivity contribution in [1.82, 2.24) is 4.90 Å². The van der Waals surface area contributed by atoms with Crippen molar-refractivity contribution in [3.05, 3.63) is 70.7 Å². The van der Waals surface area contributed by atoms with Crippen LogP contribution in [-0.4, -0.2) is 36.1 Å². The van der Waals surface area contributed by atoms with E-state index in [4.69, 9.17) is 16.3 Å². The smallest absolute Gasteiger partial charge is 0.254 e. The van der Waals surface area contributed by atoms with Gasteiger partial charge in [0, 0.05) is 30.1 Å². The highest BCUT2D eigenvalue weighted by atomic mass is 35.5. The molecule has 1 heterocycles. The van der Waals surface area contributed by atoms with E-state index >= 15 is 0 Å². The molecule has 0 aliphatic carbocycles. The Bertz CT molecular complexity index is 657. The molecule has 0 bridgehead atoms. The van der Waals surface area contributed by atoms with Gasteiger partial charge in [-0.2, -0.15) is 0 Å². The molecule has 0 saturated carbocycles. The highest BCUT2D eigenvalue weighted by Gasteiger charge is 2.29. The minimum absolute atomic E-state index is 0.0254. The van der Waals surface area contributed by atoms with Crippen LogP contribution in [0.4, 0.5) is 0 Å². The third-order valence-electron chi connectivity index (χ3n) is 4.01. The summed E-state index contributed by atoms with van der Waals surface area (Å²) in [5, 5.41) is 0.638. The summed E-state index contributed by atoms with van der Waals surface area (Å²) in [6, 6.07) is 17.3. The van der Waals surface area contributed by atoms with Gasteiger partial charge in [0.15, 0.2) is 0 Å². The summed E-state index contributed by atoms with van der Waals surface area (Å²) < 4.78 is 6.01. The number of carbonyl (C=O) groups excluding carboxylic acids is 1. The van der Waals surface area contributed by atoms with Gasteiger partial charge in [-0.15, -0.1) is 0 Å². The number of nitrogens with zero attached hydrogens (tertiary/aromatic N) is 1. The number of hydrogen-bond donors (Lipinski definition) is 0. The first-order chi connectivity index (χ1) is 11.1. The Balaban J connectivity index is 1.70. The molecule has 23 heavy (non-hydrogen) atoms. The van der Waals surface area contributed by atoms with Crippen molar-refractivity contribution in [2.24, 2.45) is 0 Å². The van der Waals surface area contributed by atoms with E-state index in [-0.39, 0.29) is 18.1 Å². The second-order valence-electron chi connectivity index (χ2n) is 5.98. The fourth-order valence-corrected chi connectivity index (χ4v) is 3.10. The van der Waals surface area contributed by atoms with Crippen molar-refractivity contribution in [2.45, 2.75) is 25.6 Å². The monoisotopic (exact) mass is 329 g/mol. The molecule has 2 aromatic carbocycles. The van der Waals surface area contributed by atoms with Gasteiger partial charge in [-0.3, -0.25) is 4.79 Å². The molecule has 2 atom stereocenters. The summed E-state index contributed by atoms with van der Waals surface area (Å²) >= 11 is 5.89. The molecule has 0 radical (unpaired) electrons. The first kappa shape index (κ1) is 16.0. The number of benzene rings is 2. The van der Waals surface area contributed by atoms with Crippen LogP contribution in [0.1, 0.15) is 22.8 Å². The first-order valence-electron chi connectivity index (χ1n) is 7.86. The van der Waals surface area contributed by atoms with Crippen LogP contribution in [0.3, 0.4) is 0 Å². The van der Waals surface area contributed by atoms with Gasteiger partial charge < -0.3 is 9.64 Å². The lowest BCUT2D eigenvalue weighted by atomic mass is 10.0. The molecule has 1 fully saturated rings. The van der Waals surface area contributed by atoms with Crippen molar-refractivity contribution in [2.75, 3.05) is 13.1 Å². The molecule has 1 saturated heterocycles. The van der Waals surface area contributed by atoms with Gasteiger partial charge in [0.1, 0.15) is 0 Å². The molecule has 2 unspecified atom stereocenters. The molecule has 3 nitrogen and oxygen atoms in total. The van der Waals surface area contributed by atoms with E-state index in [9.17, 15) is 4.79 Å². The molecular weight excluding hydrogens is 310 g/mol. The van der Waals surface area contributed by atoms with E-state index in [1.54, 1.807) is 24.3 Å². The molecule has 0 spiro atoms. The van der Waals surface area contributed by atoms with Gasteiger partial charge >= 0.3 is 0 Å². The Labute approximate surface area is 141 Å². The van der Waals surface area contributed by atoms with E-state index in [0.29, 0.717) is 23.7 Å². The molecule has 2 aromatic rings. The number of morpholine rings is 1. The van der Waals surface area contributed by atoms with E-state index < -0.39 is 0 Å². The topological polar surface area (TPSA) is 29.5 Å². The van der Waals surface area contributed by atoms with E-state index in [0.717, 1.165) is 6.42 Å². The van der Waals surface area contributed by atoms with Gasteiger partial charge in [0.2, 0.25) is 0 Å². The molecule has 0 aromatic heterocycles. The van der Waals surface area contributed by atoms with Crippen molar-refractivity contribution in [1.29, 1.82) is 0 Å². The first-order valence-corrected chi connectivity index (χ1v) is 8.24. The van der Waals surface area contributed by atoms with Gasteiger partial charge in [-0.05, 0) is 36.8 Å². The fourth-order valence-electron chi connectivity index (χ4n) is 2.98. The van der Waals surface area contributed by atoms with E-state index in [1.165, 1.54) is 5.56 Å². The minimum atomic E-state index is 0.0254.